The van der Waals surface area contributed by atoms with E-state index < -0.39 is 0 Å². The van der Waals surface area contributed by atoms with Crippen molar-refractivity contribution >= 4 is 15.9 Å². The molecule has 0 aliphatic carbocycles. The number of rotatable bonds is 6. The Hall–Kier alpha value is -0.540. The van der Waals surface area contributed by atoms with Crippen LogP contribution in [0.3, 0.4) is 0 Å². The van der Waals surface area contributed by atoms with E-state index in [1.165, 1.54) is 11.1 Å². The van der Waals surface area contributed by atoms with Crippen molar-refractivity contribution in [2.45, 2.75) is 46.0 Å². The minimum atomic E-state index is 0.0893. The van der Waals surface area contributed by atoms with Crippen LogP contribution in [0.2, 0.25) is 0 Å². The Balaban J connectivity index is 3.00. The van der Waals surface area contributed by atoms with Gasteiger partial charge in [0.15, 0.2) is 0 Å². The molecule has 3 heteroatoms. The van der Waals surface area contributed by atoms with E-state index in [-0.39, 0.29) is 5.41 Å². The first-order valence-electron chi connectivity index (χ1n) is 7.00. The monoisotopic (exact) mass is 327 g/mol. The summed E-state index contributed by atoms with van der Waals surface area (Å²) in [6.07, 6.45) is 2.06. The highest BCUT2D eigenvalue weighted by Gasteiger charge is 2.21. The Labute approximate surface area is 126 Å². The summed E-state index contributed by atoms with van der Waals surface area (Å²) >= 11 is 3.66. The Morgan fingerprint density at radius 2 is 1.95 bits per heavy atom. The maximum absolute atomic E-state index is 6.01. The van der Waals surface area contributed by atoms with Gasteiger partial charge in [-0.3, -0.25) is 0 Å². The van der Waals surface area contributed by atoms with Crippen LogP contribution in [0.4, 0.5) is 0 Å². The Morgan fingerprint density at radius 3 is 2.47 bits per heavy atom. The molecule has 2 nitrogen and oxygen atoms in total. The minimum Gasteiger partial charge on any atom is -0.492 e. The third-order valence-electron chi connectivity index (χ3n) is 3.14. The van der Waals surface area contributed by atoms with Crippen LogP contribution in [-0.2, 0) is 11.8 Å². The van der Waals surface area contributed by atoms with Crippen LogP contribution < -0.4 is 10.1 Å². The van der Waals surface area contributed by atoms with Crippen LogP contribution in [0.15, 0.2) is 16.6 Å². The smallest absolute Gasteiger partial charge is 0.137 e. The molecule has 1 aromatic carbocycles. The van der Waals surface area contributed by atoms with E-state index in [4.69, 9.17) is 4.74 Å². The van der Waals surface area contributed by atoms with Crippen molar-refractivity contribution in [2.75, 3.05) is 20.2 Å². The summed E-state index contributed by atoms with van der Waals surface area (Å²) in [5, 5.41) is 3.14. The minimum absolute atomic E-state index is 0.0893. The molecule has 0 atom stereocenters. The molecule has 0 fully saturated rings. The van der Waals surface area contributed by atoms with Crippen LogP contribution in [0.5, 0.6) is 5.75 Å². The van der Waals surface area contributed by atoms with Gasteiger partial charge in [-0.1, -0.05) is 33.8 Å². The average Bonchev–Trinajstić information content (AvgIpc) is 2.34. The second-order valence-corrected chi connectivity index (χ2v) is 6.72. The molecule has 0 saturated carbocycles. The lowest BCUT2D eigenvalue weighted by Crippen LogP contribution is -2.16. The largest absolute Gasteiger partial charge is 0.492 e. The van der Waals surface area contributed by atoms with Gasteiger partial charge in [0.25, 0.3) is 0 Å². The van der Waals surface area contributed by atoms with Crippen molar-refractivity contribution in [3.05, 3.63) is 27.7 Å². The molecule has 0 bridgehead atoms. The zero-order chi connectivity index (χ0) is 14.5. The molecule has 0 aliphatic heterocycles. The highest BCUT2D eigenvalue weighted by Crippen LogP contribution is 2.38. The molecule has 108 valence electrons. The van der Waals surface area contributed by atoms with Crippen LogP contribution in [0, 0.1) is 0 Å². The molecule has 1 N–H and O–H groups in total. The van der Waals surface area contributed by atoms with Gasteiger partial charge < -0.3 is 10.1 Å². The van der Waals surface area contributed by atoms with Gasteiger partial charge in [-0.2, -0.15) is 0 Å². The average molecular weight is 328 g/mol. The Kier molecular flexibility index (Phi) is 6.34. The topological polar surface area (TPSA) is 21.3 Å². The van der Waals surface area contributed by atoms with Gasteiger partial charge >= 0.3 is 0 Å². The van der Waals surface area contributed by atoms with E-state index in [0.29, 0.717) is 0 Å². The number of halogens is 1. The fraction of sp³-hybridized carbons (Fsp3) is 0.625. The zero-order valence-corrected chi connectivity index (χ0v) is 14.4. The Morgan fingerprint density at radius 1 is 1.26 bits per heavy atom. The zero-order valence-electron chi connectivity index (χ0n) is 12.8. The number of hydrogen-bond donors (Lipinski definition) is 1. The van der Waals surface area contributed by atoms with Crippen LogP contribution >= 0.6 is 15.9 Å². The fourth-order valence-corrected chi connectivity index (χ4v) is 2.60. The molecule has 0 heterocycles. The standard InChI is InChI=1S/C16H26BrNO/c1-6-12-10-13(16(2,3)4)15(14(17)11-12)19-9-7-8-18-5/h10-11,18H,6-9H2,1-5H3. The lowest BCUT2D eigenvalue weighted by Gasteiger charge is -2.25. The predicted molar refractivity (Wildman–Crippen MR) is 86.3 cm³/mol. The van der Waals surface area contributed by atoms with E-state index in [1.807, 2.05) is 7.05 Å². The molecule has 1 rings (SSSR count). The lowest BCUT2D eigenvalue weighted by molar-refractivity contribution is 0.299. The van der Waals surface area contributed by atoms with Gasteiger partial charge in [-0.05, 0) is 59.4 Å². The van der Waals surface area contributed by atoms with Crippen LogP contribution in [0.25, 0.3) is 0 Å². The number of benzene rings is 1. The third kappa shape index (κ3) is 4.81. The van der Waals surface area contributed by atoms with Gasteiger partial charge in [-0.15, -0.1) is 0 Å². The normalized spacial score (nSPS) is 11.7. The van der Waals surface area contributed by atoms with E-state index in [9.17, 15) is 0 Å². The molecule has 0 spiro atoms. The molecule has 0 aliphatic rings. The Bertz CT molecular complexity index is 410. The first-order chi connectivity index (χ1) is 8.90. The van der Waals surface area contributed by atoms with E-state index in [0.717, 1.165) is 36.2 Å². The number of hydrogen-bond acceptors (Lipinski definition) is 2. The summed E-state index contributed by atoms with van der Waals surface area (Å²) in [5.74, 6) is 1.00. The molecule has 0 saturated heterocycles. The summed E-state index contributed by atoms with van der Waals surface area (Å²) in [5.41, 5.74) is 2.72. The van der Waals surface area contributed by atoms with Crippen LogP contribution in [-0.4, -0.2) is 20.2 Å². The molecular weight excluding hydrogens is 302 g/mol. The summed E-state index contributed by atoms with van der Waals surface area (Å²) in [7, 11) is 1.96. The van der Waals surface area contributed by atoms with Crippen molar-refractivity contribution in [1.82, 2.24) is 5.32 Å². The maximum Gasteiger partial charge on any atom is 0.137 e. The summed E-state index contributed by atoms with van der Waals surface area (Å²) in [6.45, 7) is 10.6. The van der Waals surface area contributed by atoms with Crippen molar-refractivity contribution in [3.8, 4) is 5.75 Å². The highest BCUT2D eigenvalue weighted by atomic mass is 79.9. The second-order valence-electron chi connectivity index (χ2n) is 5.86. The van der Waals surface area contributed by atoms with Gasteiger partial charge in [-0.25, -0.2) is 0 Å². The maximum atomic E-state index is 6.01. The molecule has 19 heavy (non-hydrogen) atoms. The van der Waals surface area contributed by atoms with Crippen molar-refractivity contribution in [3.63, 3.8) is 0 Å². The molecule has 1 aromatic rings. The van der Waals surface area contributed by atoms with Crippen molar-refractivity contribution in [2.24, 2.45) is 0 Å². The first kappa shape index (κ1) is 16.5. The van der Waals surface area contributed by atoms with Crippen molar-refractivity contribution < 1.29 is 4.74 Å². The quantitative estimate of drug-likeness (QED) is 0.786. The van der Waals surface area contributed by atoms with E-state index in [2.05, 4.69) is 61.1 Å². The summed E-state index contributed by atoms with van der Waals surface area (Å²) in [6, 6.07) is 4.45. The molecular formula is C16H26BrNO. The fourth-order valence-electron chi connectivity index (χ4n) is 1.98. The number of nitrogens with one attached hydrogen (secondary N) is 1. The predicted octanol–water partition coefficient (Wildman–Crippen LogP) is 4.30. The second kappa shape index (κ2) is 7.30. The highest BCUT2D eigenvalue weighted by molar-refractivity contribution is 9.10. The van der Waals surface area contributed by atoms with Gasteiger partial charge in [0.05, 0.1) is 11.1 Å². The third-order valence-corrected chi connectivity index (χ3v) is 3.73. The summed E-state index contributed by atoms with van der Waals surface area (Å²) in [4.78, 5) is 0. The van der Waals surface area contributed by atoms with Gasteiger partial charge in [0, 0.05) is 5.56 Å². The van der Waals surface area contributed by atoms with E-state index in [1.54, 1.807) is 0 Å². The first-order valence-corrected chi connectivity index (χ1v) is 7.79. The van der Waals surface area contributed by atoms with Crippen LogP contribution in [0.1, 0.15) is 45.2 Å². The molecule has 0 radical (unpaired) electrons. The number of aryl methyl sites for hydroxylation is 1. The summed E-state index contributed by atoms with van der Waals surface area (Å²) < 4.78 is 7.08. The van der Waals surface area contributed by atoms with Gasteiger partial charge in [0.1, 0.15) is 5.75 Å². The van der Waals surface area contributed by atoms with Crippen molar-refractivity contribution in [1.29, 1.82) is 0 Å². The lowest BCUT2D eigenvalue weighted by atomic mass is 9.85. The molecule has 0 amide bonds. The number of ether oxygens (including phenoxy) is 1. The molecule has 0 unspecified atom stereocenters. The van der Waals surface area contributed by atoms with Gasteiger partial charge in [0.2, 0.25) is 0 Å². The SMILES string of the molecule is CCc1cc(Br)c(OCCCNC)c(C(C)(C)C)c1. The van der Waals surface area contributed by atoms with E-state index >= 15 is 0 Å². The molecule has 0 aromatic heterocycles.